The van der Waals surface area contributed by atoms with Gasteiger partial charge in [0.2, 0.25) is 5.91 Å². The highest BCUT2D eigenvalue weighted by atomic mass is 16.1. The second kappa shape index (κ2) is 3.98. The third-order valence-corrected chi connectivity index (χ3v) is 3.09. The molecule has 1 fully saturated rings. The number of primary amides is 1. The summed E-state index contributed by atoms with van der Waals surface area (Å²) >= 11 is 0. The van der Waals surface area contributed by atoms with Crippen LogP contribution in [-0.2, 0) is 4.79 Å². The molecule has 2 heterocycles. The number of nitrogens with two attached hydrogens (primary N) is 1. The van der Waals surface area contributed by atoms with Gasteiger partial charge in [-0.25, -0.2) is 0 Å². The van der Waals surface area contributed by atoms with Crippen molar-refractivity contribution in [1.82, 2.24) is 9.88 Å². The highest BCUT2D eigenvalue weighted by Crippen LogP contribution is 2.33. The zero-order valence-corrected chi connectivity index (χ0v) is 8.76. The van der Waals surface area contributed by atoms with Gasteiger partial charge in [-0.3, -0.25) is 14.7 Å². The van der Waals surface area contributed by atoms with Gasteiger partial charge < -0.3 is 5.73 Å². The van der Waals surface area contributed by atoms with E-state index in [4.69, 9.17) is 5.73 Å². The standard InChI is InChI=1S/C11H15N3O/c1-14-9(4-5-10(14)11(12)15)8-3-2-6-13-7-8/h2-3,6-7,9-10H,4-5H2,1H3,(H2,12,15)/t9-,10-/m0/s1. The summed E-state index contributed by atoms with van der Waals surface area (Å²) in [5.74, 6) is -0.233. The van der Waals surface area contributed by atoms with Crippen LogP contribution in [0.3, 0.4) is 0 Å². The maximum absolute atomic E-state index is 11.2. The first-order chi connectivity index (χ1) is 7.20. The summed E-state index contributed by atoms with van der Waals surface area (Å²) in [7, 11) is 1.94. The van der Waals surface area contributed by atoms with Gasteiger partial charge in [-0.15, -0.1) is 0 Å². The minimum absolute atomic E-state index is 0.129. The zero-order valence-electron chi connectivity index (χ0n) is 8.76. The highest BCUT2D eigenvalue weighted by molar-refractivity contribution is 5.80. The second-order valence-corrected chi connectivity index (χ2v) is 3.96. The molecule has 15 heavy (non-hydrogen) atoms. The van der Waals surface area contributed by atoms with Crippen LogP contribution in [0.1, 0.15) is 24.4 Å². The molecule has 1 aliphatic heterocycles. The molecular weight excluding hydrogens is 190 g/mol. The van der Waals surface area contributed by atoms with E-state index in [1.165, 1.54) is 0 Å². The molecule has 0 spiro atoms. The van der Waals surface area contributed by atoms with E-state index >= 15 is 0 Å². The van der Waals surface area contributed by atoms with Gasteiger partial charge >= 0.3 is 0 Å². The van der Waals surface area contributed by atoms with E-state index in [1.54, 1.807) is 6.20 Å². The van der Waals surface area contributed by atoms with Gasteiger partial charge in [-0.2, -0.15) is 0 Å². The average molecular weight is 205 g/mol. The Bertz CT molecular complexity index is 352. The number of pyridine rings is 1. The molecule has 1 aromatic heterocycles. The SMILES string of the molecule is CN1[C@H](C(N)=O)CC[C@H]1c1cccnc1. The fourth-order valence-corrected chi connectivity index (χ4v) is 2.26. The van der Waals surface area contributed by atoms with E-state index in [1.807, 2.05) is 30.3 Å². The first-order valence-electron chi connectivity index (χ1n) is 5.11. The zero-order chi connectivity index (χ0) is 10.8. The van der Waals surface area contributed by atoms with Crippen LogP contribution >= 0.6 is 0 Å². The Kier molecular flexibility index (Phi) is 2.68. The molecule has 0 bridgehead atoms. The number of amides is 1. The molecule has 1 saturated heterocycles. The summed E-state index contributed by atoms with van der Waals surface area (Å²) in [6.45, 7) is 0. The van der Waals surface area contributed by atoms with Crippen molar-refractivity contribution in [2.75, 3.05) is 7.05 Å². The van der Waals surface area contributed by atoms with Gasteiger partial charge in [-0.1, -0.05) is 6.07 Å². The van der Waals surface area contributed by atoms with Crippen molar-refractivity contribution in [2.45, 2.75) is 24.9 Å². The van der Waals surface area contributed by atoms with Crippen LogP contribution in [0.4, 0.5) is 0 Å². The predicted molar refractivity (Wildman–Crippen MR) is 57.0 cm³/mol. The lowest BCUT2D eigenvalue weighted by molar-refractivity contribution is -0.122. The highest BCUT2D eigenvalue weighted by Gasteiger charge is 2.34. The molecule has 1 aliphatic rings. The second-order valence-electron chi connectivity index (χ2n) is 3.96. The van der Waals surface area contributed by atoms with Crippen molar-refractivity contribution >= 4 is 5.91 Å². The Morgan fingerprint density at radius 2 is 2.40 bits per heavy atom. The minimum atomic E-state index is -0.233. The van der Waals surface area contributed by atoms with E-state index in [0.717, 1.165) is 18.4 Å². The van der Waals surface area contributed by atoms with Crippen LogP contribution in [0, 0.1) is 0 Å². The first-order valence-corrected chi connectivity index (χ1v) is 5.11. The quantitative estimate of drug-likeness (QED) is 0.773. The molecular formula is C11H15N3O. The summed E-state index contributed by atoms with van der Waals surface area (Å²) in [4.78, 5) is 17.3. The fourth-order valence-electron chi connectivity index (χ4n) is 2.26. The van der Waals surface area contributed by atoms with E-state index in [0.29, 0.717) is 0 Å². The Morgan fingerprint density at radius 1 is 1.60 bits per heavy atom. The Morgan fingerprint density at radius 3 is 2.93 bits per heavy atom. The normalized spacial score (nSPS) is 26.7. The Hall–Kier alpha value is -1.42. The number of carbonyl (C=O) groups excluding carboxylic acids is 1. The van der Waals surface area contributed by atoms with E-state index in [9.17, 15) is 4.79 Å². The van der Waals surface area contributed by atoms with Gasteiger partial charge in [0.05, 0.1) is 6.04 Å². The van der Waals surface area contributed by atoms with Crippen molar-refractivity contribution in [3.63, 3.8) is 0 Å². The third kappa shape index (κ3) is 1.85. The molecule has 0 aliphatic carbocycles. The molecule has 2 rings (SSSR count). The largest absolute Gasteiger partial charge is 0.368 e. The van der Waals surface area contributed by atoms with Crippen LogP contribution in [0.2, 0.25) is 0 Å². The molecule has 2 N–H and O–H groups in total. The molecule has 0 radical (unpaired) electrons. The van der Waals surface area contributed by atoms with Gasteiger partial charge in [0.1, 0.15) is 0 Å². The molecule has 0 saturated carbocycles. The molecule has 1 amide bonds. The number of hydrogen-bond acceptors (Lipinski definition) is 3. The molecule has 1 aromatic rings. The van der Waals surface area contributed by atoms with Crippen LogP contribution in [0.15, 0.2) is 24.5 Å². The summed E-state index contributed by atoms with van der Waals surface area (Å²) in [5.41, 5.74) is 6.49. The first kappa shape index (κ1) is 10.1. The molecule has 4 heteroatoms. The Balaban J connectivity index is 2.17. The van der Waals surface area contributed by atoms with Crippen molar-refractivity contribution in [3.05, 3.63) is 30.1 Å². The lowest BCUT2D eigenvalue weighted by Gasteiger charge is -2.23. The van der Waals surface area contributed by atoms with E-state index in [-0.39, 0.29) is 18.0 Å². The van der Waals surface area contributed by atoms with Crippen molar-refractivity contribution in [3.8, 4) is 0 Å². The predicted octanol–water partition coefficient (Wildman–Crippen LogP) is 0.702. The smallest absolute Gasteiger partial charge is 0.234 e. The van der Waals surface area contributed by atoms with Crippen molar-refractivity contribution in [2.24, 2.45) is 5.73 Å². The van der Waals surface area contributed by atoms with Gasteiger partial charge in [0.15, 0.2) is 0 Å². The van der Waals surface area contributed by atoms with Crippen molar-refractivity contribution < 1.29 is 4.79 Å². The number of likely N-dealkylation sites (tertiary alicyclic amines) is 1. The molecule has 2 atom stereocenters. The maximum atomic E-state index is 11.2. The summed E-state index contributed by atoms with van der Waals surface area (Å²) in [6, 6.07) is 4.10. The number of hydrogen-bond donors (Lipinski definition) is 1. The third-order valence-electron chi connectivity index (χ3n) is 3.09. The molecule has 4 nitrogen and oxygen atoms in total. The van der Waals surface area contributed by atoms with Crippen LogP contribution in [0.5, 0.6) is 0 Å². The molecule has 0 aromatic carbocycles. The topological polar surface area (TPSA) is 59.2 Å². The van der Waals surface area contributed by atoms with Gasteiger partial charge in [-0.05, 0) is 31.5 Å². The van der Waals surface area contributed by atoms with Crippen LogP contribution < -0.4 is 5.73 Å². The summed E-state index contributed by atoms with van der Waals surface area (Å²) in [5, 5.41) is 0. The van der Waals surface area contributed by atoms with Crippen LogP contribution in [0.25, 0.3) is 0 Å². The number of nitrogens with zero attached hydrogens (tertiary/aromatic N) is 2. The lowest BCUT2D eigenvalue weighted by Crippen LogP contribution is -2.38. The Labute approximate surface area is 89.1 Å². The molecule has 0 unspecified atom stereocenters. The number of rotatable bonds is 2. The number of likely N-dealkylation sites (N-methyl/N-ethyl adjacent to an activating group) is 1. The average Bonchev–Trinajstić information content (AvgIpc) is 2.61. The van der Waals surface area contributed by atoms with E-state index in [2.05, 4.69) is 4.98 Å². The summed E-state index contributed by atoms with van der Waals surface area (Å²) < 4.78 is 0. The van der Waals surface area contributed by atoms with Gasteiger partial charge in [0, 0.05) is 18.4 Å². The van der Waals surface area contributed by atoms with Gasteiger partial charge in [0.25, 0.3) is 0 Å². The molecule has 80 valence electrons. The van der Waals surface area contributed by atoms with E-state index < -0.39 is 0 Å². The summed E-state index contributed by atoms with van der Waals surface area (Å²) in [6.07, 6.45) is 5.41. The number of aromatic nitrogens is 1. The monoisotopic (exact) mass is 205 g/mol. The van der Waals surface area contributed by atoms with Crippen LogP contribution in [-0.4, -0.2) is 28.9 Å². The number of carbonyl (C=O) groups is 1. The fraction of sp³-hybridized carbons (Fsp3) is 0.455. The minimum Gasteiger partial charge on any atom is -0.368 e. The maximum Gasteiger partial charge on any atom is 0.234 e. The lowest BCUT2D eigenvalue weighted by atomic mass is 10.1. The van der Waals surface area contributed by atoms with Crippen molar-refractivity contribution in [1.29, 1.82) is 0 Å².